The second kappa shape index (κ2) is 7.14. The van der Waals surface area contributed by atoms with Crippen molar-refractivity contribution < 1.29 is 23.4 Å². The fourth-order valence-electron chi connectivity index (χ4n) is 3.60. The Kier molecular flexibility index (Phi) is 4.33. The minimum atomic E-state index is -0.147. The topological polar surface area (TPSA) is 61.1 Å². The number of carbonyl (C=O) groups excluding carboxylic acids is 1. The maximum atomic E-state index is 12.7. The Bertz CT molecular complexity index is 1080. The van der Waals surface area contributed by atoms with Gasteiger partial charge in [-0.2, -0.15) is 0 Å². The van der Waals surface area contributed by atoms with Crippen molar-refractivity contribution in [3.63, 3.8) is 0 Å². The van der Waals surface area contributed by atoms with Crippen LogP contribution in [-0.2, 0) is 13.1 Å². The molecule has 2 aromatic carbocycles. The molecule has 6 nitrogen and oxygen atoms in total. The highest BCUT2D eigenvalue weighted by Gasteiger charge is 2.33. The standard InChI is InChI=1S/C23H19NO5/c1-26-16-6-4-15(5-7-16)12-24-13-19-20(28-14-24)9-8-18-22(25)21(29-23(18)19)11-17-3-2-10-27-17/h2-11H,12-14H2,1H3. The summed E-state index contributed by atoms with van der Waals surface area (Å²) in [5.74, 6) is 2.84. The largest absolute Gasteiger partial charge is 0.497 e. The van der Waals surface area contributed by atoms with E-state index in [-0.39, 0.29) is 11.5 Å². The Morgan fingerprint density at radius 3 is 2.76 bits per heavy atom. The highest BCUT2D eigenvalue weighted by molar-refractivity contribution is 6.14. The predicted molar refractivity (Wildman–Crippen MR) is 106 cm³/mol. The van der Waals surface area contributed by atoms with Crippen LogP contribution in [0.25, 0.3) is 6.08 Å². The van der Waals surface area contributed by atoms with E-state index in [1.54, 1.807) is 37.6 Å². The number of hydrogen-bond acceptors (Lipinski definition) is 6. The minimum absolute atomic E-state index is 0.147. The lowest BCUT2D eigenvalue weighted by molar-refractivity contribution is 0.0872. The molecule has 5 rings (SSSR count). The van der Waals surface area contributed by atoms with Crippen LogP contribution in [0.3, 0.4) is 0 Å². The molecule has 0 bridgehead atoms. The number of fused-ring (bicyclic) bond motifs is 3. The van der Waals surface area contributed by atoms with Gasteiger partial charge in [0.1, 0.15) is 29.7 Å². The summed E-state index contributed by atoms with van der Waals surface area (Å²) in [5.41, 5.74) is 2.59. The van der Waals surface area contributed by atoms with Gasteiger partial charge >= 0.3 is 0 Å². The molecule has 0 amide bonds. The molecule has 3 aromatic rings. The third kappa shape index (κ3) is 3.28. The molecule has 3 heterocycles. The number of Topliss-reactive ketones (excluding diaryl/α,β-unsaturated/α-hetero) is 1. The number of furan rings is 1. The molecule has 0 fully saturated rings. The second-order valence-electron chi connectivity index (χ2n) is 6.98. The van der Waals surface area contributed by atoms with Gasteiger partial charge in [0.2, 0.25) is 5.78 Å². The molecule has 1 aromatic heterocycles. The van der Waals surface area contributed by atoms with Crippen molar-refractivity contribution in [2.24, 2.45) is 0 Å². The normalized spacial score (nSPS) is 16.9. The summed E-state index contributed by atoms with van der Waals surface area (Å²) in [6.07, 6.45) is 3.18. The zero-order chi connectivity index (χ0) is 19.8. The number of methoxy groups -OCH3 is 1. The molecule has 146 valence electrons. The van der Waals surface area contributed by atoms with Gasteiger partial charge in [0, 0.05) is 19.2 Å². The molecule has 0 aliphatic carbocycles. The fraction of sp³-hybridized carbons (Fsp3) is 0.174. The number of benzene rings is 2. The summed E-state index contributed by atoms with van der Waals surface area (Å²) in [7, 11) is 1.65. The number of carbonyl (C=O) groups is 1. The maximum absolute atomic E-state index is 12.7. The molecule has 0 atom stereocenters. The first-order valence-electron chi connectivity index (χ1n) is 9.33. The number of hydrogen-bond donors (Lipinski definition) is 0. The highest BCUT2D eigenvalue weighted by Crippen LogP contribution is 2.42. The number of rotatable bonds is 4. The maximum Gasteiger partial charge on any atom is 0.232 e. The van der Waals surface area contributed by atoms with Gasteiger partial charge in [-0.3, -0.25) is 9.69 Å². The van der Waals surface area contributed by atoms with Gasteiger partial charge in [-0.05, 0) is 42.0 Å². The molecule has 0 spiro atoms. The Morgan fingerprint density at radius 2 is 2.00 bits per heavy atom. The van der Waals surface area contributed by atoms with Crippen molar-refractivity contribution in [3.8, 4) is 17.2 Å². The summed E-state index contributed by atoms with van der Waals surface area (Å²) in [6.45, 7) is 1.82. The molecular formula is C23H19NO5. The Hall–Kier alpha value is -3.51. The zero-order valence-corrected chi connectivity index (χ0v) is 15.9. The summed E-state index contributed by atoms with van der Waals surface area (Å²) in [4.78, 5) is 14.9. The molecule has 0 saturated carbocycles. The summed E-state index contributed by atoms with van der Waals surface area (Å²) >= 11 is 0. The molecule has 2 aliphatic heterocycles. The number of ketones is 1. The quantitative estimate of drug-likeness (QED) is 0.622. The molecule has 2 aliphatic rings. The van der Waals surface area contributed by atoms with Gasteiger partial charge < -0.3 is 18.6 Å². The van der Waals surface area contributed by atoms with Crippen LogP contribution in [0.15, 0.2) is 65.0 Å². The second-order valence-corrected chi connectivity index (χ2v) is 6.98. The van der Waals surface area contributed by atoms with Gasteiger partial charge in [-0.1, -0.05) is 12.1 Å². The van der Waals surface area contributed by atoms with Crippen molar-refractivity contribution >= 4 is 11.9 Å². The summed E-state index contributed by atoms with van der Waals surface area (Å²) < 4.78 is 22.4. The van der Waals surface area contributed by atoms with Crippen molar-refractivity contribution in [3.05, 3.63) is 83.0 Å². The average molecular weight is 389 g/mol. The number of allylic oxidation sites excluding steroid dienone is 1. The van der Waals surface area contributed by atoms with E-state index in [0.29, 0.717) is 30.3 Å². The van der Waals surface area contributed by atoms with Crippen molar-refractivity contribution in [2.45, 2.75) is 13.1 Å². The Morgan fingerprint density at radius 1 is 1.14 bits per heavy atom. The lowest BCUT2D eigenvalue weighted by Gasteiger charge is -2.29. The monoisotopic (exact) mass is 389 g/mol. The average Bonchev–Trinajstić information content (AvgIpc) is 3.37. The van der Waals surface area contributed by atoms with Gasteiger partial charge in [0.15, 0.2) is 5.76 Å². The van der Waals surface area contributed by atoms with E-state index in [4.69, 9.17) is 18.6 Å². The van der Waals surface area contributed by atoms with Crippen LogP contribution in [0.1, 0.15) is 27.2 Å². The number of ether oxygens (including phenoxy) is 3. The molecule has 0 unspecified atom stereocenters. The van der Waals surface area contributed by atoms with Crippen LogP contribution in [0.5, 0.6) is 17.2 Å². The lowest BCUT2D eigenvalue weighted by Crippen LogP contribution is -2.31. The van der Waals surface area contributed by atoms with E-state index >= 15 is 0 Å². The smallest absolute Gasteiger partial charge is 0.232 e. The predicted octanol–water partition coefficient (Wildman–Crippen LogP) is 4.26. The molecule has 0 saturated heterocycles. The molecule has 6 heteroatoms. The van der Waals surface area contributed by atoms with E-state index in [9.17, 15) is 4.79 Å². The molecule has 29 heavy (non-hydrogen) atoms. The van der Waals surface area contributed by atoms with E-state index < -0.39 is 0 Å². The minimum Gasteiger partial charge on any atom is -0.497 e. The SMILES string of the molecule is COc1ccc(CN2COc3ccc4c(c3C2)OC(=Cc2ccco2)C4=O)cc1. The summed E-state index contributed by atoms with van der Waals surface area (Å²) in [6, 6.07) is 15.1. The van der Waals surface area contributed by atoms with Crippen molar-refractivity contribution in [1.29, 1.82) is 0 Å². The lowest BCUT2D eigenvalue weighted by atomic mass is 10.0. The van der Waals surface area contributed by atoms with E-state index in [1.165, 1.54) is 0 Å². The highest BCUT2D eigenvalue weighted by atomic mass is 16.5. The van der Waals surface area contributed by atoms with Crippen LogP contribution in [0, 0.1) is 0 Å². The first-order valence-corrected chi connectivity index (χ1v) is 9.33. The van der Waals surface area contributed by atoms with Gasteiger partial charge in [0.25, 0.3) is 0 Å². The molecule has 0 radical (unpaired) electrons. The van der Waals surface area contributed by atoms with Crippen LogP contribution in [0.4, 0.5) is 0 Å². The van der Waals surface area contributed by atoms with Gasteiger partial charge in [-0.25, -0.2) is 0 Å². The van der Waals surface area contributed by atoms with Gasteiger partial charge in [0.05, 0.1) is 24.5 Å². The van der Waals surface area contributed by atoms with Crippen LogP contribution < -0.4 is 14.2 Å². The van der Waals surface area contributed by atoms with Crippen LogP contribution >= 0.6 is 0 Å². The number of nitrogens with zero attached hydrogens (tertiary/aromatic N) is 1. The first-order chi connectivity index (χ1) is 14.2. The molecular weight excluding hydrogens is 370 g/mol. The third-order valence-corrected chi connectivity index (χ3v) is 5.06. The Balaban J connectivity index is 1.40. The van der Waals surface area contributed by atoms with Crippen molar-refractivity contribution in [2.75, 3.05) is 13.8 Å². The zero-order valence-electron chi connectivity index (χ0n) is 15.9. The third-order valence-electron chi connectivity index (χ3n) is 5.06. The van der Waals surface area contributed by atoms with Crippen LogP contribution in [-0.4, -0.2) is 24.5 Å². The molecule has 0 N–H and O–H groups in total. The van der Waals surface area contributed by atoms with E-state index in [1.807, 2.05) is 30.3 Å². The summed E-state index contributed by atoms with van der Waals surface area (Å²) in [5, 5.41) is 0. The van der Waals surface area contributed by atoms with Crippen molar-refractivity contribution in [1.82, 2.24) is 4.90 Å². The van der Waals surface area contributed by atoms with Crippen LogP contribution in [0.2, 0.25) is 0 Å². The Labute approximate surface area is 167 Å². The van der Waals surface area contributed by atoms with E-state index in [0.717, 1.165) is 29.2 Å². The first kappa shape index (κ1) is 17.6. The van der Waals surface area contributed by atoms with E-state index in [2.05, 4.69) is 4.90 Å². The van der Waals surface area contributed by atoms with Gasteiger partial charge in [-0.15, -0.1) is 0 Å². The fourth-order valence-corrected chi connectivity index (χ4v) is 3.60.